The average Bonchev–Trinajstić information content (AvgIpc) is 2.89. The molecule has 22 heavy (non-hydrogen) atoms. The van der Waals surface area contributed by atoms with Gasteiger partial charge in [0.25, 0.3) is 0 Å². The van der Waals surface area contributed by atoms with E-state index in [1.165, 1.54) is 24.3 Å². The minimum atomic E-state index is -3.56. The summed E-state index contributed by atoms with van der Waals surface area (Å²) in [6, 6.07) is 12.5. The second-order valence-electron chi connectivity index (χ2n) is 5.59. The predicted octanol–water partition coefficient (Wildman–Crippen LogP) is 2.97. The third-order valence-electron chi connectivity index (χ3n) is 4.03. The smallest absolute Gasteiger partial charge is 0.241 e. The lowest BCUT2D eigenvalue weighted by molar-refractivity contribution is 0.413. The van der Waals surface area contributed by atoms with Crippen molar-refractivity contribution in [2.45, 2.75) is 30.7 Å². The molecule has 1 atom stereocenters. The SMILES string of the molecule is COc1cccc(S(=O)(=O)NC2CCc3cc(C)ccc32)c1. The van der Waals surface area contributed by atoms with Crippen molar-refractivity contribution in [1.82, 2.24) is 4.72 Å². The Morgan fingerprint density at radius 3 is 2.77 bits per heavy atom. The Morgan fingerprint density at radius 1 is 1.18 bits per heavy atom. The van der Waals surface area contributed by atoms with Gasteiger partial charge < -0.3 is 4.74 Å². The van der Waals surface area contributed by atoms with E-state index in [9.17, 15) is 8.42 Å². The Bertz CT molecular complexity index is 799. The van der Waals surface area contributed by atoms with Gasteiger partial charge in [-0.1, -0.05) is 29.8 Å². The van der Waals surface area contributed by atoms with Gasteiger partial charge in [0, 0.05) is 12.1 Å². The first-order chi connectivity index (χ1) is 10.5. The zero-order valence-corrected chi connectivity index (χ0v) is 13.5. The number of hydrogen-bond donors (Lipinski definition) is 1. The monoisotopic (exact) mass is 317 g/mol. The fourth-order valence-electron chi connectivity index (χ4n) is 2.89. The van der Waals surface area contributed by atoms with Crippen molar-refractivity contribution in [1.29, 1.82) is 0 Å². The highest BCUT2D eigenvalue weighted by Gasteiger charge is 2.27. The molecule has 0 aliphatic heterocycles. The van der Waals surface area contributed by atoms with E-state index < -0.39 is 10.0 Å². The van der Waals surface area contributed by atoms with Crippen molar-refractivity contribution in [3.8, 4) is 5.75 Å². The number of rotatable bonds is 4. The Hall–Kier alpha value is -1.85. The van der Waals surface area contributed by atoms with Crippen LogP contribution in [0.2, 0.25) is 0 Å². The Morgan fingerprint density at radius 2 is 2.00 bits per heavy atom. The maximum Gasteiger partial charge on any atom is 0.241 e. The highest BCUT2D eigenvalue weighted by atomic mass is 32.2. The summed E-state index contributed by atoms with van der Waals surface area (Å²) in [5.41, 5.74) is 3.52. The second kappa shape index (κ2) is 5.74. The van der Waals surface area contributed by atoms with Crippen LogP contribution in [0, 0.1) is 6.92 Å². The lowest BCUT2D eigenvalue weighted by atomic mass is 10.1. The maximum atomic E-state index is 12.6. The molecule has 0 aromatic heterocycles. The number of aryl methyl sites for hydroxylation is 2. The highest BCUT2D eigenvalue weighted by Crippen LogP contribution is 2.33. The van der Waals surface area contributed by atoms with Gasteiger partial charge in [-0.05, 0) is 43.0 Å². The van der Waals surface area contributed by atoms with Gasteiger partial charge in [0.05, 0.1) is 12.0 Å². The van der Waals surface area contributed by atoms with Gasteiger partial charge in [0.1, 0.15) is 5.75 Å². The van der Waals surface area contributed by atoms with Gasteiger partial charge in [-0.25, -0.2) is 13.1 Å². The van der Waals surface area contributed by atoms with E-state index in [-0.39, 0.29) is 10.9 Å². The van der Waals surface area contributed by atoms with Crippen LogP contribution in [-0.2, 0) is 16.4 Å². The first kappa shape index (κ1) is 15.1. The number of benzene rings is 2. The van der Waals surface area contributed by atoms with Crippen molar-refractivity contribution < 1.29 is 13.2 Å². The normalized spacial score (nSPS) is 17.3. The van der Waals surface area contributed by atoms with Gasteiger partial charge in [-0.15, -0.1) is 0 Å². The van der Waals surface area contributed by atoms with Gasteiger partial charge in [-0.2, -0.15) is 0 Å². The molecule has 1 N–H and O–H groups in total. The summed E-state index contributed by atoms with van der Waals surface area (Å²) in [5.74, 6) is 0.533. The minimum absolute atomic E-state index is 0.160. The molecule has 0 fully saturated rings. The number of hydrogen-bond acceptors (Lipinski definition) is 3. The molecule has 0 heterocycles. The average molecular weight is 317 g/mol. The van der Waals surface area contributed by atoms with Crippen LogP contribution in [0.3, 0.4) is 0 Å². The molecule has 0 radical (unpaired) electrons. The first-order valence-electron chi connectivity index (χ1n) is 7.25. The quantitative estimate of drug-likeness (QED) is 0.943. The van der Waals surface area contributed by atoms with Gasteiger partial charge in [0.2, 0.25) is 10.0 Å². The Labute approximate surface area is 131 Å². The topological polar surface area (TPSA) is 55.4 Å². The number of methoxy groups -OCH3 is 1. The molecule has 3 rings (SSSR count). The van der Waals surface area contributed by atoms with E-state index in [0.29, 0.717) is 5.75 Å². The third kappa shape index (κ3) is 2.87. The van der Waals surface area contributed by atoms with Gasteiger partial charge in [-0.3, -0.25) is 0 Å². The maximum absolute atomic E-state index is 12.6. The molecule has 116 valence electrons. The van der Waals surface area contributed by atoms with Crippen molar-refractivity contribution in [3.63, 3.8) is 0 Å². The molecule has 4 nitrogen and oxygen atoms in total. The standard InChI is InChI=1S/C17H19NO3S/c1-12-6-8-16-13(10-12)7-9-17(16)18-22(19,20)15-5-3-4-14(11-15)21-2/h3-6,8,10-11,17-18H,7,9H2,1-2H3. The first-order valence-corrected chi connectivity index (χ1v) is 8.74. The summed E-state index contributed by atoms with van der Waals surface area (Å²) >= 11 is 0. The molecule has 0 saturated heterocycles. The summed E-state index contributed by atoms with van der Waals surface area (Å²) < 4.78 is 33.0. The molecule has 1 unspecified atom stereocenters. The number of ether oxygens (including phenoxy) is 1. The van der Waals surface area contributed by atoms with Crippen LogP contribution >= 0.6 is 0 Å². The Balaban J connectivity index is 1.87. The van der Waals surface area contributed by atoms with E-state index >= 15 is 0 Å². The summed E-state index contributed by atoms with van der Waals surface area (Å²) in [6.45, 7) is 2.05. The van der Waals surface area contributed by atoms with Crippen LogP contribution in [-0.4, -0.2) is 15.5 Å². The van der Waals surface area contributed by atoms with Gasteiger partial charge >= 0.3 is 0 Å². The van der Waals surface area contributed by atoms with E-state index in [4.69, 9.17) is 4.74 Å². The number of sulfonamides is 1. The molecule has 5 heteroatoms. The number of fused-ring (bicyclic) bond motifs is 1. The lowest BCUT2D eigenvalue weighted by Crippen LogP contribution is -2.27. The van der Waals surface area contributed by atoms with Crippen LogP contribution in [0.4, 0.5) is 0 Å². The van der Waals surface area contributed by atoms with Crippen molar-refractivity contribution >= 4 is 10.0 Å². The summed E-state index contributed by atoms with van der Waals surface area (Å²) in [7, 11) is -2.04. The van der Waals surface area contributed by atoms with Crippen LogP contribution in [0.15, 0.2) is 47.4 Å². The van der Waals surface area contributed by atoms with E-state index in [0.717, 1.165) is 18.4 Å². The van der Waals surface area contributed by atoms with Crippen molar-refractivity contribution in [3.05, 3.63) is 59.2 Å². The molecule has 0 spiro atoms. The van der Waals surface area contributed by atoms with Crippen LogP contribution in [0.1, 0.15) is 29.2 Å². The van der Waals surface area contributed by atoms with E-state index in [1.54, 1.807) is 18.2 Å². The number of nitrogens with one attached hydrogen (secondary N) is 1. The summed E-state index contributed by atoms with van der Waals surface area (Å²) in [4.78, 5) is 0.229. The zero-order valence-electron chi connectivity index (χ0n) is 12.7. The molecule has 0 saturated carbocycles. The van der Waals surface area contributed by atoms with Crippen LogP contribution in [0.5, 0.6) is 5.75 Å². The molecule has 2 aromatic rings. The fourth-order valence-corrected chi connectivity index (χ4v) is 4.18. The Kier molecular flexibility index (Phi) is 3.93. The molecular weight excluding hydrogens is 298 g/mol. The largest absolute Gasteiger partial charge is 0.497 e. The molecule has 1 aliphatic carbocycles. The lowest BCUT2D eigenvalue weighted by Gasteiger charge is -2.15. The predicted molar refractivity (Wildman–Crippen MR) is 85.6 cm³/mol. The van der Waals surface area contributed by atoms with E-state index in [2.05, 4.69) is 10.8 Å². The summed E-state index contributed by atoms with van der Waals surface area (Å²) in [5, 5.41) is 0. The van der Waals surface area contributed by atoms with Gasteiger partial charge in [0.15, 0.2) is 0 Å². The fraction of sp³-hybridized carbons (Fsp3) is 0.294. The molecule has 0 bridgehead atoms. The molecular formula is C17H19NO3S. The summed E-state index contributed by atoms with van der Waals surface area (Å²) in [6.07, 6.45) is 1.70. The molecule has 0 amide bonds. The van der Waals surface area contributed by atoms with E-state index in [1.807, 2.05) is 19.1 Å². The second-order valence-corrected chi connectivity index (χ2v) is 7.31. The molecule has 2 aromatic carbocycles. The third-order valence-corrected chi connectivity index (χ3v) is 5.49. The molecule has 1 aliphatic rings. The zero-order chi connectivity index (χ0) is 15.7. The van der Waals surface area contributed by atoms with Crippen LogP contribution < -0.4 is 9.46 Å². The highest BCUT2D eigenvalue weighted by molar-refractivity contribution is 7.89. The minimum Gasteiger partial charge on any atom is -0.497 e. The van der Waals surface area contributed by atoms with Crippen molar-refractivity contribution in [2.24, 2.45) is 0 Å². The van der Waals surface area contributed by atoms with Crippen LogP contribution in [0.25, 0.3) is 0 Å². The van der Waals surface area contributed by atoms with Crippen molar-refractivity contribution in [2.75, 3.05) is 7.11 Å².